The van der Waals surface area contributed by atoms with Gasteiger partial charge in [-0.25, -0.2) is 9.78 Å². The molecule has 0 spiro atoms. The highest BCUT2D eigenvalue weighted by Gasteiger charge is 2.31. The molecule has 138 valence electrons. The number of likely N-dealkylation sites (tertiary alicyclic amines) is 1. The number of hydrogen-bond acceptors (Lipinski definition) is 4. The number of carbonyl (C=O) groups excluding carboxylic acids is 2. The molecule has 2 aliphatic rings. The summed E-state index contributed by atoms with van der Waals surface area (Å²) in [5, 5.41) is 2.96. The Morgan fingerprint density at radius 2 is 2.04 bits per heavy atom. The van der Waals surface area contributed by atoms with E-state index in [0.717, 1.165) is 32.4 Å². The molecule has 3 rings (SSSR count). The van der Waals surface area contributed by atoms with E-state index >= 15 is 0 Å². The fraction of sp³-hybridized carbons (Fsp3) is 0.706. The Bertz CT molecular complexity index is 557. The number of carbonyl (C=O) groups is 2. The monoisotopic (exact) mass is 349 g/mol. The third-order valence-electron chi connectivity index (χ3n) is 4.81. The van der Waals surface area contributed by atoms with E-state index in [2.05, 4.69) is 10.3 Å². The van der Waals surface area contributed by atoms with Crippen LogP contribution in [0.1, 0.15) is 19.3 Å². The predicted octanol–water partition coefficient (Wildman–Crippen LogP) is 0.554. The lowest BCUT2D eigenvalue weighted by Crippen LogP contribution is -2.51. The van der Waals surface area contributed by atoms with Crippen molar-refractivity contribution in [3.8, 4) is 0 Å². The fourth-order valence-electron chi connectivity index (χ4n) is 3.39. The summed E-state index contributed by atoms with van der Waals surface area (Å²) >= 11 is 0. The van der Waals surface area contributed by atoms with Crippen molar-refractivity contribution in [1.29, 1.82) is 0 Å². The van der Waals surface area contributed by atoms with Crippen LogP contribution in [0.15, 0.2) is 18.7 Å². The molecule has 1 unspecified atom stereocenters. The molecule has 0 aromatic carbocycles. The summed E-state index contributed by atoms with van der Waals surface area (Å²) in [6, 6.07) is -0.0647. The Hall–Kier alpha value is -2.09. The van der Waals surface area contributed by atoms with Crippen molar-refractivity contribution in [1.82, 2.24) is 24.7 Å². The van der Waals surface area contributed by atoms with Crippen molar-refractivity contribution in [2.75, 3.05) is 45.9 Å². The van der Waals surface area contributed by atoms with Crippen molar-refractivity contribution in [3.63, 3.8) is 0 Å². The van der Waals surface area contributed by atoms with Gasteiger partial charge in [0.2, 0.25) is 5.91 Å². The number of morpholine rings is 1. The van der Waals surface area contributed by atoms with Crippen LogP contribution in [-0.4, -0.2) is 77.2 Å². The SMILES string of the molecule is O=C(NCCCn1ccnc1)N1CCCC(C(=O)N2CCOCC2)C1. The first kappa shape index (κ1) is 17.7. The van der Waals surface area contributed by atoms with Gasteiger partial charge in [-0.2, -0.15) is 0 Å². The zero-order valence-electron chi connectivity index (χ0n) is 14.6. The van der Waals surface area contributed by atoms with Gasteiger partial charge in [-0.1, -0.05) is 0 Å². The van der Waals surface area contributed by atoms with E-state index in [0.29, 0.717) is 39.4 Å². The van der Waals surface area contributed by atoms with E-state index < -0.39 is 0 Å². The maximum absolute atomic E-state index is 12.6. The second kappa shape index (κ2) is 8.84. The number of ether oxygens (including phenoxy) is 1. The first-order valence-electron chi connectivity index (χ1n) is 9.09. The molecule has 1 atom stereocenters. The molecule has 8 heteroatoms. The zero-order chi connectivity index (χ0) is 17.5. The molecule has 1 aromatic rings. The summed E-state index contributed by atoms with van der Waals surface area (Å²) in [7, 11) is 0. The Morgan fingerprint density at radius 1 is 1.20 bits per heavy atom. The average molecular weight is 349 g/mol. The lowest BCUT2D eigenvalue weighted by atomic mass is 9.96. The fourth-order valence-corrected chi connectivity index (χ4v) is 3.39. The van der Waals surface area contributed by atoms with Crippen molar-refractivity contribution in [2.45, 2.75) is 25.8 Å². The van der Waals surface area contributed by atoms with Crippen LogP contribution in [0.3, 0.4) is 0 Å². The van der Waals surface area contributed by atoms with Gasteiger partial charge in [0.25, 0.3) is 0 Å². The average Bonchev–Trinajstić information content (AvgIpc) is 3.19. The van der Waals surface area contributed by atoms with Gasteiger partial charge >= 0.3 is 6.03 Å². The molecule has 25 heavy (non-hydrogen) atoms. The standard InChI is InChI=1S/C17H27N5O3/c23-16(21-9-11-25-12-10-21)15-3-1-7-22(13-15)17(24)19-4-2-6-20-8-5-18-14-20/h5,8,14-15H,1-4,6-7,9-13H2,(H,19,24). The van der Waals surface area contributed by atoms with Crippen molar-refractivity contribution in [3.05, 3.63) is 18.7 Å². The molecular formula is C17H27N5O3. The van der Waals surface area contributed by atoms with Crippen LogP contribution >= 0.6 is 0 Å². The van der Waals surface area contributed by atoms with Gasteiger partial charge in [-0.05, 0) is 19.3 Å². The highest BCUT2D eigenvalue weighted by atomic mass is 16.5. The Labute approximate surface area is 148 Å². The van der Waals surface area contributed by atoms with Crippen molar-refractivity contribution >= 4 is 11.9 Å². The maximum Gasteiger partial charge on any atom is 0.317 e. The molecule has 3 heterocycles. The zero-order valence-corrected chi connectivity index (χ0v) is 14.6. The Kier molecular flexibility index (Phi) is 6.27. The number of hydrogen-bond donors (Lipinski definition) is 1. The smallest absolute Gasteiger partial charge is 0.317 e. The maximum atomic E-state index is 12.6. The quantitative estimate of drug-likeness (QED) is 0.788. The second-order valence-corrected chi connectivity index (χ2v) is 6.61. The first-order chi connectivity index (χ1) is 12.2. The summed E-state index contributed by atoms with van der Waals surface area (Å²) in [6.45, 7) is 5.24. The van der Waals surface area contributed by atoms with E-state index in [9.17, 15) is 9.59 Å². The summed E-state index contributed by atoms with van der Waals surface area (Å²) in [5.41, 5.74) is 0. The molecular weight excluding hydrogens is 322 g/mol. The van der Waals surface area contributed by atoms with E-state index in [1.54, 1.807) is 17.4 Å². The number of imidazole rings is 1. The van der Waals surface area contributed by atoms with Crippen LogP contribution in [-0.2, 0) is 16.1 Å². The number of aromatic nitrogens is 2. The minimum Gasteiger partial charge on any atom is -0.378 e. The number of piperidine rings is 1. The molecule has 1 aromatic heterocycles. The minimum absolute atomic E-state index is 0.0647. The number of urea groups is 1. The van der Waals surface area contributed by atoms with Crippen LogP contribution in [0.25, 0.3) is 0 Å². The van der Waals surface area contributed by atoms with Crippen LogP contribution in [0.4, 0.5) is 4.79 Å². The molecule has 0 aliphatic carbocycles. The topological polar surface area (TPSA) is 79.7 Å². The van der Waals surface area contributed by atoms with Gasteiger partial charge in [0, 0.05) is 51.7 Å². The molecule has 2 fully saturated rings. The molecule has 1 N–H and O–H groups in total. The highest BCUT2D eigenvalue weighted by Crippen LogP contribution is 2.19. The van der Waals surface area contributed by atoms with Gasteiger partial charge in [0.05, 0.1) is 25.5 Å². The van der Waals surface area contributed by atoms with Gasteiger partial charge < -0.3 is 24.4 Å². The van der Waals surface area contributed by atoms with Gasteiger partial charge in [0.15, 0.2) is 0 Å². The van der Waals surface area contributed by atoms with Gasteiger partial charge in [0.1, 0.15) is 0 Å². The van der Waals surface area contributed by atoms with E-state index in [-0.39, 0.29) is 17.9 Å². The molecule has 3 amide bonds. The number of aryl methyl sites for hydroxylation is 1. The number of amides is 3. The first-order valence-corrected chi connectivity index (χ1v) is 9.09. The summed E-state index contributed by atoms with van der Waals surface area (Å²) in [4.78, 5) is 32.6. The van der Waals surface area contributed by atoms with Gasteiger partial charge in [-0.3, -0.25) is 4.79 Å². The number of rotatable bonds is 5. The normalized spacial score (nSPS) is 21.2. The van der Waals surface area contributed by atoms with Crippen molar-refractivity contribution in [2.24, 2.45) is 5.92 Å². The van der Waals surface area contributed by atoms with Crippen LogP contribution in [0.5, 0.6) is 0 Å². The molecule has 8 nitrogen and oxygen atoms in total. The lowest BCUT2D eigenvalue weighted by molar-refractivity contribution is -0.141. The van der Waals surface area contributed by atoms with Crippen LogP contribution in [0, 0.1) is 5.92 Å². The predicted molar refractivity (Wildman–Crippen MR) is 91.9 cm³/mol. The largest absolute Gasteiger partial charge is 0.378 e. The Balaban J connectivity index is 1.40. The summed E-state index contributed by atoms with van der Waals surface area (Å²) < 4.78 is 7.29. The molecule has 2 aliphatic heterocycles. The summed E-state index contributed by atoms with van der Waals surface area (Å²) in [5.74, 6) is 0.0875. The van der Waals surface area contributed by atoms with Crippen molar-refractivity contribution < 1.29 is 14.3 Å². The van der Waals surface area contributed by atoms with E-state index in [4.69, 9.17) is 4.74 Å². The third-order valence-corrected chi connectivity index (χ3v) is 4.81. The Morgan fingerprint density at radius 3 is 2.80 bits per heavy atom. The molecule has 0 bridgehead atoms. The van der Waals surface area contributed by atoms with Crippen LogP contribution < -0.4 is 5.32 Å². The summed E-state index contributed by atoms with van der Waals surface area (Å²) in [6.07, 6.45) is 8.02. The minimum atomic E-state index is -0.0800. The van der Waals surface area contributed by atoms with Crippen LogP contribution in [0.2, 0.25) is 0 Å². The third kappa shape index (κ3) is 4.94. The lowest BCUT2D eigenvalue weighted by Gasteiger charge is -2.36. The second-order valence-electron chi connectivity index (χ2n) is 6.61. The van der Waals surface area contributed by atoms with Gasteiger partial charge in [-0.15, -0.1) is 0 Å². The van der Waals surface area contributed by atoms with E-state index in [1.165, 1.54) is 0 Å². The molecule has 2 saturated heterocycles. The number of nitrogens with one attached hydrogen (secondary N) is 1. The molecule has 0 radical (unpaired) electrons. The van der Waals surface area contributed by atoms with E-state index in [1.807, 2.05) is 15.7 Å². The number of nitrogens with zero attached hydrogens (tertiary/aromatic N) is 4. The molecule has 0 saturated carbocycles. The highest BCUT2D eigenvalue weighted by molar-refractivity contribution is 5.81.